The van der Waals surface area contributed by atoms with Gasteiger partial charge in [-0.05, 0) is 40.5 Å². The molecule has 0 heterocycles. The standard InChI is InChI=1S/C20H26/c1-14(2)16-11-15(3)12-17(13-16)18-9-7-8-10-19(18)20(4,5)6/h7-14H,1-6H3. The number of aryl methyl sites for hydroxylation is 1. The highest BCUT2D eigenvalue weighted by Crippen LogP contribution is 2.34. The zero-order valence-electron chi connectivity index (χ0n) is 13.6. The number of hydrogen-bond donors (Lipinski definition) is 0. The first kappa shape index (κ1) is 14.8. The van der Waals surface area contributed by atoms with E-state index in [1.165, 1.54) is 27.8 Å². The third kappa shape index (κ3) is 3.12. The third-order valence-electron chi connectivity index (χ3n) is 3.81. The van der Waals surface area contributed by atoms with Gasteiger partial charge in [0.1, 0.15) is 0 Å². The predicted octanol–water partition coefficient (Wildman–Crippen LogP) is 6.08. The van der Waals surface area contributed by atoms with E-state index in [2.05, 4.69) is 84.0 Å². The molecule has 0 aliphatic carbocycles. The van der Waals surface area contributed by atoms with Gasteiger partial charge >= 0.3 is 0 Å². The van der Waals surface area contributed by atoms with Crippen LogP contribution in [0.2, 0.25) is 0 Å². The Kier molecular flexibility index (Phi) is 4.04. The van der Waals surface area contributed by atoms with Crippen molar-refractivity contribution in [2.24, 2.45) is 0 Å². The van der Waals surface area contributed by atoms with E-state index in [4.69, 9.17) is 0 Å². The summed E-state index contributed by atoms with van der Waals surface area (Å²) in [5, 5.41) is 0. The largest absolute Gasteiger partial charge is 0.0619 e. The van der Waals surface area contributed by atoms with Gasteiger partial charge in [0.15, 0.2) is 0 Å². The van der Waals surface area contributed by atoms with Crippen molar-refractivity contribution in [1.82, 2.24) is 0 Å². The highest BCUT2D eigenvalue weighted by Gasteiger charge is 2.18. The van der Waals surface area contributed by atoms with Crippen molar-refractivity contribution >= 4 is 0 Å². The van der Waals surface area contributed by atoms with Gasteiger partial charge in [0.05, 0.1) is 0 Å². The van der Waals surface area contributed by atoms with E-state index in [0.29, 0.717) is 5.92 Å². The summed E-state index contributed by atoms with van der Waals surface area (Å²) in [5.74, 6) is 0.565. The van der Waals surface area contributed by atoms with Gasteiger partial charge in [-0.15, -0.1) is 0 Å². The molecule has 0 saturated carbocycles. The zero-order chi connectivity index (χ0) is 14.9. The maximum atomic E-state index is 2.35. The molecule has 2 aromatic rings. The van der Waals surface area contributed by atoms with Crippen molar-refractivity contribution in [3.8, 4) is 11.1 Å². The van der Waals surface area contributed by atoms with Gasteiger partial charge < -0.3 is 0 Å². The Balaban J connectivity index is 2.63. The zero-order valence-corrected chi connectivity index (χ0v) is 13.6. The second-order valence-corrected chi connectivity index (χ2v) is 7.08. The Morgan fingerprint density at radius 3 is 2.15 bits per heavy atom. The summed E-state index contributed by atoms with van der Waals surface area (Å²) in [6, 6.07) is 15.7. The van der Waals surface area contributed by atoms with E-state index >= 15 is 0 Å². The van der Waals surface area contributed by atoms with Gasteiger partial charge in [-0.2, -0.15) is 0 Å². The lowest BCUT2D eigenvalue weighted by molar-refractivity contribution is 0.592. The van der Waals surface area contributed by atoms with Crippen LogP contribution in [0.3, 0.4) is 0 Å². The quantitative estimate of drug-likeness (QED) is 0.617. The van der Waals surface area contributed by atoms with Gasteiger partial charge in [-0.3, -0.25) is 0 Å². The minimum absolute atomic E-state index is 0.165. The number of benzene rings is 2. The summed E-state index contributed by atoms with van der Waals surface area (Å²) in [6.07, 6.45) is 0. The molecule has 0 aliphatic rings. The average molecular weight is 266 g/mol. The predicted molar refractivity (Wildman–Crippen MR) is 89.4 cm³/mol. The monoisotopic (exact) mass is 266 g/mol. The molecule has 2 rings (SSSR count). The smallest absolute Gasteiger partial charge is 0.0126 e. The normalized spacial score (nSPS) is 11.9. The minimum Gasteiger partial charge on any atom is -0.0619 e. The van der Waals surface area contributed by atoms with Gasteiger partial charge in [-0.1, -0.05) is 82.6 Å². The summed E-state index contributed by atoms with van der Waals surface area (Å²) in [5.41, 5.74) is 7.06. The molecule has 0 unspecified atom stereocenters. The molecule has 0 nitrogen and oxygen atoms in total. The lowest BCUT2D eigenvalue weighted by Gasteiger charge is -2.23. The summed E-state index contributed by atoms with van der Waals surface area (Å²) in [7, 11) is 0. The van der Waals surface area contributed by atoms with Crippen molar-refractivity contribution in [1.29, 1.82) is 0 Å². The van der Waals surface area contributed by atoms with Crippen LogP contribution in [-0.2, 0) is 5.41 Å². The fourth-order valence-corrected chi connectivity index (χ4v) is 2.69. The van der Waals surface area contributed by atoms with E-state index in [1.54, 1.807) is 0 Å². The second-order valence-electron chi connectivity index (χ2n) is 7.08. The first-order valence-corrected chi connectivity index (χ1v) is 7.50. The molecule has 2 aromatic carbocycles. The molecular formula is C20H26. The van der Waals surface area contributed by atoms with Crippen LogP contribution in [-0.4, -0.2) is 0 Å². The maximum Gasteiger partial charge on any atom is -0.0126 e. The van der Waals surface area contributed by atoms with Gasteiger partial charge in [0.2, 0.25) is 0 Å². The van der Waals surface area contributed by atoms with Crippen molar-refractivity contribution < 1.29 is 0 Å². The van der Waals surface area contributed by atoms with Crippen LogP contribution in [0.1, 0.15) is 57.2 Å². The maximum absolute atomic E-state index is 2.35. The Labute approximate surface area is 123 Å². The first-order valence-electron chi connectivity index (χ1n) is 7.50. The fourth-order valence-electron chi connectivity index (χ4n) is 2.69. The molecule has 106 valence electrons. The van der Waals surface area contributed by atoms with Crippen LogP contribution in [0.4, 0.5) is 0 Å². The molecule has 0 heteroatoms. The third-order valence-corrected chi connectivity index (χ3v) is 3.81. The second kappa shape index (κ2) is 5.44. The van der Waals surface area contributed by atoms with Crippen LogP contribution in [0.15, 0.2) is 42.5 Å². The lowest BCUT2D eigenvalue weighted by Crippen LogP contribution is -2.12. The Morgan fingerprint density at radius 2 is 1.55 bits per heavy atom. The summed E-state index contributed by atoms with van der Waals surface area (Å²) >= 11 is 0. The molecule has 0 saturated heterocycles. The van der Waals surface area contributed by atoms with Crippen molar-refractivity contribution in [2.45, 2.75) is 52.9 Å². The summed E-state index contributed by atoms with van der Waals surface area (Å²) < 4.78 is 0. The Hall–Kier alpha value is -1.56. The Bertz CT molecular complexity index is 598. The van der Waals surface area contributed by atoms with Crippen molar-refractivity contribution in [3.63, 3.8) is 0 Å². The molecule has 0 fully saturated rings. The number of hydrogen-bond acceptors (Lipinski definition) is 0. The SMILES string of the molecule is Cc1cc(-c2ccccc2C(C)(C)C)cc(C(C)C)c1. The molecule has 0 radical (unpaired) electrons. The first-order chi connectivity index (χ1) is 9.29. The van der Waals surface area contributed by atoms with Crippen molar-refractivity contribution in [3.05, 3.63) is 59.2 Å². The van der Waals surface area contributed by atoms with Crippen LogP contribution >= 0.6 is 0 Å². The van der Waals surface area contributed by atoms with Gasteiger partial charge in [0, 0.05) is 0 Å². The summed E-state index contributed by atoms with van der Waals surface area (Å²) in [6.45, 7) is 13.6. The molecular weight excluding hydrogens is 240 g/mol. The van der Waals surface area contributed by atoms with E-state index in [9.17, 15) is 0 Å². The van der Waals surface area contributed by atoms with Crippen LogP contribution in [0.25, 0.3) is 11.1 Å². The van der Waals surface area contributed by atoms with E-state index in [1.807, 2.05) is 0 Å². The average Bonchev–Trinajstić information content (AvgIpc) is 2.37. The molecule has 0 atom stereocenters. The van der Waals surface area contributed by atoms with Gasteiger partial charge in [0.25, 0.3) is 0 Å². The highest BCUT2D eigenvalue weighted by atomic mass is 14.2. The Morgan fingerprint density at radius 1 is 0.900 bits per heavy atom. The van der Waals surface area contributed by atoms with Crippen LogP contribution in [0, 0.1) is 6.92 Å². The molecule has 0 bridgehead atoms. The topological polar surface area (TPSA) is 0 Å². The molecule has 20 heavy (non-hydrogen) atoms. The molecule has 0 spiro atoms. The van der Waals surface area contributed by atoms with E-state index in [-0.39, 0.29) is 5.41 Å². The fraction of sp³-hybridized carbons (Fsp3) is 0.400. The molecule has 0 amide bonds. The molecule has 0 N–H and O–H groups in total. The van der Waals surface area contributed by atoms with Crippen LogP contribution in [0.5, 0.6) is 0 Å². The van der Waals surface area contributed by atoms with E-state index in [0.717, 1.165) is 0 Å². The molecule has 0 aromatic heterocycles. The van der Waals surface area contributed by atoms with Crippen molar-refractivity contribution in [2.75, 3.05) is 0 Å². The van der Waals surface area contributed by atoms with Gasteiger partial charge in [-0.25, -0.2) is 0 Å². The number of rotatable bonds is 2. The minimum atomic E-state index is 0.165. The highest BCUT2D eigenvalue weighted by molar-refractivity contribution is 5.70. The van der Waals surface area contributed by atoms with E-state index < -0.39 is 0 Å². The summed E-state index contributed by atoms with van der Waals surface area (Å²) in [4.78, 5) is 0. The van der Waals surface area contributed by atoms with Crippen LogP contribution < -0.4 is 0 Å². The lowest BCUT2D eigenvalue weighted by atomic mass is 9.81. The molecule has 0 aliphatic heterocycles.